The summed E-state index contributed by atoms with van der Waals surface area (Å²) in [4.78, 5) is 22.4. The molecule has 0 aromatic heterocycles. The van der Waals surface area contributed by atoms with Crippen molar-refractivity contribution in [3.8, 4) is 11.5 Å². The number of aromatic hydroxyl groups is 1. The molecule has 9 nitrogen and oxygen atoms in total. The third-order valence-electron chi connectivity index (χ3n) is 3.52. The second-order valence-electron chi connectivity index (χ2n) is 5.45. The smallest absolute Gasteiger partial charge is 0.274 e. The standard InChI is InChI=1S/C17H17ClN4O5/c1-10(20-13-5-3-12(18)4-6-13)17(24)21-19-9-11-7-14(22(25)26)8-15(27-2)16(11)23/h3-10,20,23H,1-2H3,(H,21,24). The minimum Gasteiger partial charge on any atom is -0.504 e. The van der Waals surface area contributed by atoms with E-state index >= 15 is 0 Å². The zero-order valence-electron chi connectivity index (χ0n) is 14.5. The summed E-state index contributed by atoms with van der Waals surface area (Å²) in [5, 5.41) is 28.2. The molecule has 3 N–H and O–H groups in total. The third kappa shape index (κ3) is 5.32. The first kappa shape index (κ1) is 20.0. The van der Waals surface area contributed by atoms with Crippen LogP contribution < -0.4 is 15.5 Å². The third-order valence-corrected chi connectivity index (χ3v) is 3.77. The lowest BCUT2D eigenvalue weighted by atomic mass is 10.2. The number of nitro groups is 1. The Morgan fingerprint density at radius 2 is 2.04 bits per heavy atom. The summed E-state index contributed by atoms with van der Waals surface area (Å²) in [5.41, 5.74) is 2.74. The maximum Gasteiger partial charge on any atom is 0.274 e. The van der Waals surface area contributed by atoms with Crippen molar-refractivity contribution in [2.75, 3.05) is 12.4 Å². The number of nitro benzene ring substituents is 1. The van der Waals surface area contributed by atoms with Gasteiger partial charge < -0.3 is 15.2 Å². The highest BCUT2D eigenvalue weighted by Crippen LogP contribution is 2.33. The Morgan fingerprint density at radius 1 is 1.37 bits per heavy atom. The average molecular weight is 393 g/mol. The number of phenols is 1. The normalized spacial score (nSPS) is 11.8. The van der Waals surface area contributed by atoms with Gasteiger partial charge in [-0.3, -0.25) is 14.9 Å². The minimum atomic E-state index is -0.629. The van der Waals surface area contributed by atoms with Crippen molar-refractivity contribution >= 4 is 35.1 Å². The molecule has 0 aliphatic heterocycles. The molecule has 10 heteroatoms. The molecule has 1 unspecified atom stereocenters. The van der Waals surface area contributed by atoms with E-state index in [4.69, 9.17) is 16.3 Å². The average Bonchev–Trinajstić information content (AvgIpc) is 2.64. The number of halogens is 1. The Kier molecular flexibility index (Phi) is 6.56. The summed E-state index contributed by atoms with van der Waals surface area (Å²) in [5.74, 6) is -0.846. The first-order valence-corrected chi connectivity index (χ1v) is 8.10. The van der Waals surface area contributed by atoms with Gasteiger partial charge in [-0.1, -0.05) is 11.6 Å². The number of nitrogens with one attached hydrogen (secondary N) is 2. The molecule has 1 atom stereocenters. The van der Waals surface area contributed by atoms with Gasteiger partial charge in [0.15, 0.2) is 11.5 Å². The molecule has 142 valence electrons. The van der Waals surface area contributed by atoms with Gasteiger partial charge in [0, 0.05) is 22.3 Å². The molecule has 2 rings (SSSR count). The second kappa shape index (κ2) is 8.86. The molecule has 0 radical (unpaired) electrons. The van der Waals surface area contributed by atoms with Crippen molar-refractivity contribution in [2.24, 2.45) is 5.10 Å². The summed E-state index contributed by atoms with van der Waals surface area (Å²) < 4.78 is 4.89. The van der Waals surface area contributed by atoms with Crippen LogP contribution in [0.5, 0.6) is 11.5 Å². The van der Waals surface area contributed by atoms with Crippen molar-refractivity contribution in [1.29, 1.82) is 0 Å². The van der Waals surface area contributed by atoms with E-state index in [0.29, 0.717) is 10.7 Å². The number of anilines is 1. The van der Waals surface area contributed by atoms with Crippen LogP contribution in [-0.2, 0) is 4.79 Å². The molecule has 0 aliphatic carbocycles. The molecule has 27 heavy (non-hydrogen) atoms. The molecule has 0 spiro atoms. The van der Waals surface area contributed by atoms with Crippen LogP contribution in [0.1, 0.15) is 12.5 Å². The Hall–Kier alpha value is -3.33. The van der Waals surface area contributed by atoms with Crippen LogP contribution in [0.25, 0.3) is 0 Å². The molecular weight excluding hydrogens is 376 g/mol. The van der Waals surface area contributed by atoms with E-state index in [1.807, 2.05) is 0 Å². The second-order valence-corrected chi connectivity index (χ2v) is 5.89. The lowest BCUT2D eigenvalue weighted by Gasteiger charge is -2.13. The van der Waals surface area contributed by atoms with Crippen molar-refractivity contribution in [2.45, 2.75) is 13.0 Å². The number of carbonyl (C=O) groups excluding carboxylic acids is 1. The lowest BCUT2D eigenvalue weighted by Crippen LogP contribution is -2.34. The van der Waals surface area contributed by atoms with E-state index in [2.05, 4.69) is 15.8 Å². The molecule has 0 fully saturated rings. The maximum atomic E-state index is 12.1. The zero-order valence-corrected chi connectivity index (χ0v) is 15.2. The highest BCUT2D eigenvalue weighted by molar-refractivity contribution is 6.30. The molecule has 0 aliphatic rings. The number of hydrazone groups is 1. The highest BCUT2D eigenvalue weighted by Gasteiger charge is 2.16. The molecule has 2 aromatic rings. The fourth-order valence-corrected chi connectivity index (χ4v) is 2.22. The number of rotatable bonds is 7. The largest absolute Gasteiger partial charge is 0.504 e. The predicted octanol–water partition coefficient (Wildman–Crippen LogP) is 2.91. The summed E-state index contributed by atoms with van der Waals surface area (Å²) in [7, 11) is 1.27. The van der Waals surface area contributed by atoms with Gasteiger partial charge in [0.05, 0.1) is 24.3 Å². The number of methoxy groups -OCH3 is 1. The number of hydrogen-bond acceptors (Lipinski definition) is 7. The number of amides is 1. The molecular formula is C17H17ClN4O5. The van der Waals surface area contributed by atoms with Crippen LogP contribution in [0.4, 0.5) is 11.4 Å². The first-order valence-electron chi connectivity index (χ1n) is 7.72. The monoisotopic (exact) mass is 392 g/mol. The Labute approximate surface area is 159 Å². The van der Waals surface area contributed by atoms with Gasteiger partial charge in [0.1, 0.15) is 6.04 Å². The van der Waals surface area contributed by atoms with Crippen LogP contribution in [-0.4, -0.2) is 35.3 Å². The van der Waals surface area contributed by atoms with Crippen LogP contribution >= 0.6 is 11.6 Å². The van der Waals surface area contributed by atoms with Gasteiger partial charge in [-0.2, -0.15) is 5.10 Å². The van der Waals surface area contributed by atoms with Gasteiger partial charge in [-0.25, -0.2) is 5.43 Å². The van der Waals surface area contributed by atoms with E-state index < -0.39 is 16.9 Å². The van der Waals surface area contributed by atoms with E-state index in [1.54, 1.807) is 31.2 Å². The molecule has 1 amide bonds. The van der Waals surface area contributed by atoms with Crippen LogP contribution in [0, 0.1) is 10.1 Å². The summed E-state index contributed by atoms with van der Waals surface area (Å²) in [6, 6.07) is 8.41. The lowest BCUT2D eigenvalue weighted by molar-refractivity contribution is -0.385. The van der Waals surface area contributed by atoms with E-state index in [9.17, 15) is 20.0 Å². The van der Waals surface area contributed by atoms with Gasteiger partial charge >= 0.3 is 0 Å². The summed E-state index contributed by atoms with van der Waals surface area (Å²) in [6.45, 7) is 1.63. The molecule has 0 bridgehead atoms. The first-order chi connectivity index (χ1) is 12.8. The molecule has 0 heterocycles. The van der Waals surface area contributed by atoms with E-state index in [1.165, 1.54) is 7.11 Å². The zero-order chi connectivity index (χ0) is 20.0. The number of nitrogens with zero attached hydrogens (tertiary/aromatic N) is 2. The predicted molar refractivity (Wildman–Crippen MR) is 102 cm³/mol. The van der Waals surface area contributed by atoms with Gasteiger partial charge in [0.2, 0.25) is 0 Å². The number of benzene rings is 2. The van der Waals surface area contributed by atoms with Crippen LogP contribution in [0.2, 0.25) is 5.02 Å². The highest BCUT2D eigenvalue weighted by atomic mass is 35.5. The van der Waals surface area contributed by atoms with Crippen molar-refractivity contribution in [1.82, 2.24) is 5.43 Å². The quantitative estimate of drug-likeness (QED) is 0.378. The van der Waals surface area contributed by atoms with Gasteiger partial charge in [-0.05, 0) is 31.2 Å². The number of phenolic OH excluding ortho intramolecular Hbond substituents is 1. The fourth-order valence-electron chi connectivity index (χ4n) is 2.10. The Balaban J connectivity index is 2.05. The summed E-state index contributed by atoms with van der Waals surface area (Å²) in [6.07, 6.45) is 1.10. The van der Waals surface area contributed by atoms with Crippen molar-refractivity contribution in [3.05, 3.63) is 57.1 Å². The molecule has 0 saturated carbocycles. The van der Waals surface area contributed by atoms with Crippen molar-refractivity contribution in [3.63, 3.8) is 0 Å². The van der Waals surface area contributed by atoms with Crippen molar-refractivity contribution < 1.29 is 19.6 Å². The molecule has 2 aromatic carbocycles. The van der Waals surface area contributed by atoms with Gasteiger partial charge in [0.25, 0.3) is 11.6 Å². The number of hydrogen-bond donors (Lipinski definition) is 3. The van der Waals surface area contributed by atoms with E-state index in [0.717, 1.165) is 18.3 Å². The number of ether oxygens (including phenoxy) is 1. The maximum absolute atomic E-state index is 12.1. The molecule has 0 saturated heterocycles. The fraction of sp³-hybridized carbons (Fsp3) is 0.176. The number of carbonyl (C=O) groups is 1. The van der Waals surface area contributed by atoms with Crippen LogP contribution in [0.3, 0.4) is 0 Å². The summed E-state index contributed by atoms with van der Waals surface area (Å²) >= 11 is 5.80. The number of non-ortho nitro benzene ring substituents is 1. The van der Waals surface area contributed by atoms with Crippen LogP contribution in [0.15, 0.2) is 41.5 Å². The van der Waals surface area contributed by atoms with Gasteiger partial charge in [-0.15, -0.1) is 0 Å². The Bertz CT molecular complexity index is 870. The minimum absolute atomic E-state index is 0.0275. The van der Waals surface area contributed by atoms with E-state index in [-0.39, 0.29) is 22.7 Å². The Morgan fingerprint density at radius 3 is 2.63 bits per heavy atom. The topological polar surface area (TPSA) is 126 Å². The SMILES string of the molecule is COc1cc([N+](=O)[O-])cc(C=NNC(=O)C(C)Nc2ccc(Cl)cc2)c1O.